The molecule has 124 valence electrons. The molecular formula is C18H12FN3O2S. The van der Waals surface area contributed by atoms with E-state index in [9.17, 15) is 9.18 Å². The Balaban J connectivity index is 1.50. The molecule has 0 saturated carbocycles. The number of nitrogens with one attached hydrogen (secondary N) is 1. The van der Waals surface area contributed by atoms with Crippen LogP contribution in [0, 0.1) is 5.82 Å². The van der Waals surface area contributed by atoms with Gasteiger partial charge in [-0.3, -0.25) is 4.79 Å². The summed E-state index contributed by atoms with van der Waals surface area (Å²) in [5.41, 5.74) is 1.83. The van der Waals surface area contributed by atoms with Gasteiger partial charge in [-0.2, -0.15) is 0 Å². The molecule has 0 fully saturated rings. The van der Waals surface area contributed by atoms with E-state index in [2.05, 4.69) is 15.2 Å². The normalized spacial score (nSPS) is 11.1. The minimum atomic E-state index is -0.530. The zero-order valence-electron chi connectivity index (χ0n) is 12.9. The molecule has 5 nitrogen and oxygen atoms in total. The number of rotatable bonds is 5. The van der Waals surface area contributed by atoms with E-state index in [1.54, 1.807) is 18.3 Å². The van der Waals surface area contributed by atoms with Crippen molar-refractivity contribution >= 4 is 28.4 Å². The van der Waals surface area contributed by atoms with Crippen LogP contribution in [0.5, 0.6) is 0 Å². The molecule has 0 saturated heterocycles. The van der Waals surface area contributed by atoms with E-state index < -0.39 is 5.82 Å². The van der Waals surface area contributed by atoms with E-state index >= 15 is 0 Å². The van der Waals surface area contributed by atoms with E-state index in [0.717, 1.165) is 28.2 Å². The van der Waals surface area contributed by atoms with Crippen LogP contribution >= 0.6 is 11.8 Å². The molecule has 0 bridgehead atoms. The average Bonchev–Trinajstić information content (AvgIpc) is 3.26. The fourth-order valence-electron chi connectivity index (χ4n) is 2.52. The topological polar surface area (TPSA) is 71.8 Å². The maximum Gasteiger partial charge on any atom is 0.277 e. The monoisotopic (exact) mass is 353 g/mol. The van der Waals surface area contributed by atoms with Crippen LogP contribution in [0.25, 0.3) is 22.4 Å². The van der Waals surface area contributed by atoms with Gasteiger partial charge in [-0.15, -0.1) is 10.2 Å². The molecule has 2 heterocycles. The van der Waals surface area contributed by atoms with Gasteiger partial charge in [0.2, 0.25) is 0 Å². The third kappa shape index (κ3) is 3.06. The van der Waals surface area contributed by atoms with Crippen molar-refractivity contribution in [2.75, 3.05) is 5.75 Å². The SMILES string of the molecule is O=C(CSc1nnc(-c2c[nH]c3ccccc23)o1)c1ccccc1F. The third-order valence-corrected chi connectivity index (χ3v) is 4.55. The number of thioether (sulfide) groups is 1. The number of Topliss-reactive ketones (excluding diaryl/α,β-unsaturated/α-hetero) is 1. The Kier molecular flexibility index (Phi) is 4.07. The number of para-hydroxylation sites is 1. The predicted molar refractivity (Wildman–Crippen MR) is 93.0 cm³/mol. The van der Waals surface area contributed by atoms with Crippen molar-refractivity contribution in [3.05, 3.63) is 66.1 Å². The first-order valence-corrected chi connectivity index (χ1v) is 8.51. The van der Waals surface area contributed by atoms with Crippen LogP contribution in [0.4, 0.5) is 4.39 Å². The number of carbonyl (C=O) groups is 1. The number of fused-ring (bicyclic) bond motifs is 1. The summed E-state index contributed by atoms with van der Waals surface area (Å²) in [6.45, 7) is 0. The lowest BCUT2D eigenvalue weighted by Gasteiger charge is -2.00. The summed E-state index contributed by atoms with van der Waals surface area (Å²) in [4.78, 5) is 15.2. The van der Waals surface area contributed by atoms with Crippen LogP contribution in [0.15, 0.2) is 64.4 Å². The van der Waals surface area contributed by atoms with Gasteiger partial charge in [0.05, 0.1) is 16.9 Å². The van der Waals surface area contributed by atoms with Crippen LogP contribution in [-0.4, -0.2) is 26.7 Å². The van der Waals surface area contributed by atoms with Gasteiger partial charge in [0.1, 0.15) is 5.82 Å². The molecule has 4 rings (SSSR count). The van der Waals surface area contributed by atoms with Crippen LogP contribution in [-0.2, 0) is 0 Å². The van der Waals surface area contributed by atoms with Gasteiger partial charge in [-0.1, -0.05) is 42.1 Å². The largest absolute Gasteiger partial charge is 0.411 e. The van der Waals surface area contributed by atoms with Gasteiger partial charge < -0.3 is 9.40 Å². The van der Waals surface area contributed by atoms with Gasteiger partial charge >= 0.3 is 0 Å². The Morgan fingerprint density at radius 3 is 2.80 bits per heavy atom. The molecule has 0 radical (unpaired) electrons. The zero-order valence-corrected chi connectivity index (χ0v) is 13.7. The maximum atomic E-state index is 13.6. The van der Waals surface area contributed by atoms with Crippen molar-refractivity contribution in [3.63, 3.8) is 0 Å². The number of hydrogen-bond acceptors (Lipinski definition) is 5. The molecule has 0 unspecified atom stereocenters. The lowest BCUT2D eigenvalue weighted by Crippen LogP contribution is -2.04. The van der Waals surface area contributed by atoms with Gasteiger partial charge in [0.15, 0.2) is 5.78 Å². The number of aromatic nitrogens is 3. The highest BCUT2D eigenvalue weighted by Crippen LogP contribution is 2.29. The van der Waals surface area contributed by atoms with Crippen molar-refractivity contribution in [1.29, 1.82) is 0 Å². The van der Waals surface area contributed by atoms with Crippen LogP contribution in [0.3, 0.4) is 0 Å². The molecule has 0 aliphatic carbocycles. The summed E-state index contributed by atoms with van der Waals surface area (Å²) >= 11 is 1.09. The van der Waals surface area contributed by atoms with Gasteiger partial charge in [0.25, 0.3) is 11.1 Å². The van der Waals surface area contributed by atoms with Crippen LogP contribution in [0.1, 0.15) is 10.4 Å². The molecule has 1 N–H and O–H groups in total. The Hall–Kier alpha value is -2.93. The first-order chi connectivity index (χ1) is 12.2. The highest BCUT2D eigenvalue weighted by Gasteiger charge is 2.16. The minimum Gasteiger partial charge on any atom is -0.411 e. The fraction of sp³-hybridized carbons (Fsp3) is 0.0556. The Bertz CT molecular complexity index is 1060. The lowest BCUT2D eigenvalue weighted by atomic mass is 10.1. The molecule has 0 aliphatic heterocycles. The van der Waals surface area contributed by atoms with Gasteiger partial charge in [0, 0.05) is 17.1 Å². The first kappa shape index (κ1) is 15.6. The summed E-state index contributed by atoms with van der Waals surface area (Å²) in [5, 5.41) is 9.23. The van der Waals surface area contributed by atoms with E-state index in [1.807, 2.05) is 24.3 Å². The number of ketones is 1. The third-order valence-electron chi connectivity index (χ3n) is 3.73. The standard InChI is InChI=1S/C18H12FN3O2S/c19-14-7-3-1-6-12(14)16(23)10-25-18-22-21-17(24-18)13-9-20-15-8-4-2-5-11(13)15/h1-9,20H,10H2. The molecule has 0 amide bonds. The minimum absolute atomic E-state index is 0.0243. The highest BCUT2D eigenvalue weighted by atomic mass is 32.2. The second-order valence-corrected chi connectivity index (χ2v) is 6.24. The molecule has 0 atom stereocenters. The summed E-state index contributed by atoms with van der Waals surface area (Å²) in [6.07, 6.45) is 1.80. The van der Waals surface area contributed by atoms with Crippen molar-refractivity contribution in [2.24, 2.45) is 0 Å². The van der Waals surface area contributed by atoms with Gasteiger partial charge in [-0.05, 0) is 18.2 Å². The quantitative estimate of drug-likeness (QED) is 0.427. The summed E-state index contributed by atoms with van der Waals surface area (Å²) in [6, 6.07) is 13.7. The molecule has 0 spiro atoms. The Morgan fingerprint density at radius 1 is 1.12 bits per heavy atom. The van der Waals surface area contributed by atoms with Crippen molar-refractivity contribution in [3.8, 4) is 11.5 Å². The van der Waals surface area contributed by atoms with Crippen LogP contribution in [0.2, 0.25) is 0 Å². The van der Waals surface area contributed by atoms with Crippen LogP contribution < -0.4 is 0 Å². The fourth-order valence-corrected chi connectivity index (χ4v) is 3.16. The molecule has 25 heavy (non-hydrogen) atoms. The molecule has 0 aliphatic rings. The lowest BCUT2D eigenvalue weighted by molar-refractivity contribution is 0.101. The first-order valence-electron chi connectivity index (χ1n) is 7.53. The molecule has 7 heteroatoms. The maximum absolute atomic E-state index is 13.6. The Morgan fingerprint density at radius 2 is 1.92 bits per heavy atom. The highest BCUT2D eigenvalue weighted by molar-refractivity contribution is 7.99. The van der Waals surface area contributed by atoms with Crippen molar-refractivity contribution < 1.29 is 13.6 Å². The Labute approximate surface area is 146 Å². The number of hydrogen-bond donors (Lipinski definition) is 1. The zero-order chi connectivity index (χ0) is 17.2. The molecule has 2 aromatic carbocycles. The molecular weight excluding hydrogens is 341 g/mol. The number of nitrogens with zero attached hydrogens (tertiary/aromatic N) is 2. The van der Waals surface area contributed by atoms with E-state index in [0.29, 0.717) is 5.89 Å². The number of H-pyrrole nitrogens is 1. The molecule has 4 aromatic rings. The predicted octanol–water partition coefficient (Wildman–Crippen LogP) is 4.33. The average molecular weight is 353 g/mol. The van der Waals surface area contributed by atoms with Crippen molar-refractivity contribution in [1.82, 2.24) is 15.2 Å². The second kappa shape index (κ2) is 6.52. The van der Waals surface area contributed by atoms with Gasteiger partial charge in [-0.25, -0.2) is 4.39 Å². The second-order valence-electron chi connectivity index (χ2n) is 5.31. The smallest absolute Gasteiger partial charge is 0.277 e. The number of carbonyl (C=O) groups excluding carboxylic acids is 1. The van der Waals surface area contributed by atoms with E-state index in [1.165, 1.54) is 12.1 Å². The number of benzene rings is 2. The number of aromatic amines is 1. The summed E-state index contributed by atoms with van der Waals surface area (Å²) in [5.74, 6) is -0.456. The van der Waals surface area contributed by atoms with E-state index in [-0.39, 0.29) is 22.3 Å². The molecule has 2 aromatic heterocycles. The van der Waals surface area contributed by atoms with Crippen molar-refractivity contribution in [2.45, 2.75) is 5.22 Å². The summed E-state index contributed by atoms with van der Waals surface area (Å²) < 4.78 is 19.2. The summed E-state index contributed by atoms with van der Waals surface area (Å²) in [7, 11) is 0. The van der Waals surface area contributed by atoms with E-state index in [4.69, 9.17) is 4.42 Å². The number of halogens is 1.